The van der Waals surface area contributed by atoms with E-state index in [2.05, 4.69) is 34.1 Å². The van der Waals surface area contributed by atoms with Crippen LogP contribution in [-0.2, 0) is 6.54 Å². The number of hydrogen-bond donors (Lipinski definition) is 2. The Labute approximate surface area is 124 Å². The second kappa shape index (κ2) is 6.69. The van der Waals surface area contributed by atoms with E-state index in [1.165, 1.54) is 18.2 Å². The molecule has 0 radical (unpaired) electrons. The van der Waals surface area contributed by atoms with Crippen molar-refractivity contribution in [1.29, 1.82) is 0 Å². The van der Waals surface area contributed by atoms with Gasteiger partial charge in [-0.05, 0) is 43.2 Å². The van der Waals surface area contributed by atoms with Gasteiger partial charge in [0.15, 0.2) is 5.96 Å². The van der Waals surface area contributed by atoms with Gasteiger partial charge in [0, 0.05) is 11.9 Å². The molecule has 2 aromatic rings. The molecule has 0 aliphatic heterocycles. The summed E-state index contributed by atoms with van der Waals surface area (Å²) in [6, 6.07) is 8.14. The van der Waals surface area contributed by atoms with Crippen LogP contribution in [0.1, 0.15) is 16.8 Å². The molecule has 0 aliphatic rings. The molecule has 0 saturated carbocycles. The number of methoxy groups -OCH3 is 1. The maximum absolute atomic E-state index is 5.88. The monoisotopic (exact) mass is 285 g/mol. The lowest BCUT2D eigenvalue weighted by molar-refractivity contribution is 0.378. The van der Waals surface area contributed by atoms with E-state index in [0.717, 1.165) is 11.4 Å². The van der Waals surface area contributed by atoms with E-state index >= 15 is 0 Å². The molecular weight excluding hydrogens is 266 g/mol. The van der Waals surface area contributed by atoms with Crippen molar-refractivity contribution < 1.29 is 4.74 Å². The van der Waals surface area contributed by atoms with Crippen molar-refractivity contribution in [1.82, 2.24) is 9.97 Å². The Balaban J connectivity index is 2.01. The highest BCUT2D eigenvalue weighted by Crippen LogP contribution is 2.13. The van der Waals surface area contributed by atoms with Crippen LogP contribution in [0.3, 0.4) is 0 Å². The number of ether oxygens (including phenoxy) is 1. The van der Waals surface area contributed by atoms with E-state index in [-0.39, 0.29) is 0 Å². The predicted octanol–water partition coefficient (Wildman–Crippen LogP) is 2.03. The molecular formula is C15H19N5O. The van der Waals surface area contributed by atoms with Crippen LogP contribution in [0.2, 0.25) is 0 Å². The Kier molecular flexibility index (Phi) is 4.71. The third-order valence-electron chi connectivity index (χ3n) is 3.06. The third kappa shape index (κ3) is 4.17. The molecule has 2 rings (SSSR count). The number of benzene rings is 1. The summed E-state index contributed by atoms with van der Waals surface area (Å²) in [5.41, 5.74) is 9.98. The van der Waals surface area contributed by atoms with Crippen molar-refractivity contribution in [3.63, 3.8) is 0 Å². The van der Waals surface area contributed by atoms with Crippen LogP contribution in [-0.4, -0.2) is 23.0 Å². The maximum Gasteiger partial charge on any atom is 0.316 e. The molecule has 1 heterocycles. The number of anilines is 1. The average molecular weight is 285 g/mol. The molecule has 0 unspecified atom stereocenters. The summed E-state index contributed by atoms with van der Waals surface area (Å²) in [5.74, 6) is 0.343. The Bertz CT molecular complexity index is 654. The van der Waals surface area contributed by atoms with Gasteiger partial charge in [0.2, 0.25) is 0 Å². The van der Waals surface area contributed by atoms with Gasteiger partial charge in [-0.2, -0.15) is 4.98 Å². The fourth-order valence-electron chi connectivity index (χ4n) is 1.74. The molecule has 0 atom stereocenters. The Morgan fingerprint density at radius 2 is 2.10 bits per heavy atom. The zero-order valence-electron chi connectivity index (χ0n) is 12.4. The molecule has 110 valence electrons. The van der Waals surface area contributed by atoms with Crippen molar-refractivity contribution in [3.8, 4) is 6.01 Å². The van der Waals surface area contributed by atoms with Gasteiger partial charge in [-0.1, -0.05) is 6.07 Å². The Morgan fingerprint density at radius 3 is 2.81 bits per heavy atom. The van der Waals surface area contributed by atoms with Gasteiger partial charge >= 0.3 is 6.01 Å². The Hall–Kier alpha value is -2.63. The van der Waals surface area contributed by atoms with Gasteiger partial charge in [0.05, 0.1) is 19.3 Å². The largest absolute Gasteiger partial charge is 0.467 e. The van der Waals surface area contributed by atoms with Gasteiger partial charge in [-0.15, -0.1) is 0 Å². The zero-order valence-corrected chi connectivity index (χ0v) is 12.4. The minimum Gasteiger partial charge on any atom is -0.467 e. The number of aryl methyl sites for hydroxylation is 2. The number of hydrogen-bond acceptors (Lipinski definition) is 4. The third-order valence-corrected chi connectivity index (χ3v) is 3.06. The number of rotatable bonds is 4. The first-order valence-corrected chi connectivity index (χ1v) is 6.58. The summed E-state index contributed by atoms with van der Waals surface area (Å²) in [6.07, 6.45) is 1.63. The predicted molar refractivity (Wildman–Crippen MR) is 83.4 cm³/mol. The van der Waals surface area contributed by atoms with Gasteiger partial charge < -0.3 is 15.8 Å². The molecule has 3 N–H and O–H groups in total. The van der Waals surface area contributed by atoms with E-state index in [1.807, 2.05) is 18.2 Å². The van der Waals surface area contributed by atoms with Gasteiger partial charge in [0.25, 0.3) is 0 Å². The van der Waals surface area contributed by atoms with E-state index in [9.17, 15) is 0 Å². The van der Waals surface area contributed by atoms with Crippen LogP contribution in [0, 0.1) is 13.8 Å². The lowest BCUT2D eigenvalue weighted by atomic mass is 10.1. The molecule has 1 aromatic carbocycles. The fraction of sp³-hybridized carbons (Fsp3) is 0.267. The maximum atomic E-state index is 5.88. The molecule has 0 saturated heterocycles. The first-order chi connectivity index (χ1) is 10.1. The summed E-state index contributed by atoms with van der Waals surface area (Å²) in [6.45, 7) is 4.49. The number of aliphatic imine (C=N–C) groups is 1. The quantitative estimate of drug-likeness (QED) is 0.663. The molecule has 0 bridgehead atoms. The van der Waals surface area contributed by atoms with Crippen LogP contribution in [0.5, 0.6) is 6.01 Å². The van der Waals surface area contributed by atoms with Crippen molar-refractivity contribution in [2.75, 3.05) is 12.4 Å². The van der Waals surface area contributed by atoms with Crippen molar-refractivity contribution in [3.05, 3.63) is 47.3 Å². The van der Waals surface area contributed by atoms with Gasteiger partial charge in [0.1, 0.15) is 0 Å². The Morgan fingerprint density at radius 1 is 1.29 bits per heavy atom. The zero-order chi connectivity index (χ0) is 15.2. The topological polar surface area (TPSA) is 85.4 Å². The van der Waals surface area contributed by atoms with E-state index in [0.29, 0.717) is 18.5 Å². The average Bonchev–Trinajstić information content (AvgIpc) is 2.49. The first kappa shape index (κ1) is 14.8. The summed E-state index contributed by atoms with van der Waals surface area (Å²) < 4.78 is 4.96. The minimum absolute atomic E-state index is 0.323. The standard InChI is InChI=1S/C15H19N5O/c1-10-4-5-12(8-11(10)2)19-14(16)18-9-13-6-7-17-15(20-13)21-3/h4-8H,9H2,1-3H3,(H3,16,18,19). The molecule has 1 aromatic heterocycles. The number of nitrogens with two attached hydrogens (primary N) is 1. The highest BCUT2D eigenvalue weighted by atomic mass is 16.5. The molecule has 0 amide bonds. The van der Waals surface area contributed by atoms with Crippen LogP contribution < -0.4 is 15.8 Å². The van der Waals surface area contributed by atoms with Crippen LogP contribution >= 0.6 is 0 Å². The fourth-order valence-corrected chi connectivity index (χ4v) is 1.74. The van der Waals surface area contributed by atoms with Gasteiger partial charge in [-0.3, -0.25) is 0 Å². The summed E-state index contributed by atoms with van der Waals surface area (Å²) in [5, 5.41) is 3.06. The first-order valence-electron chi connectivity index (χ1n) is 6.58. The molecule has 6 nitrogen and oxygen atoms in total. The van der Waals surface area contributed by atoms with Crippen molar-refractivity contribution >= 4 is 11.6 Å². The minimum atomic E-state index is 0.323. The molecule has 21 heavy (non-hydrogen) atoms. The van der Waals surface area contributed by atoms with Crippen molar-refractivity contribution in [2.45, 2.75) is 20.4 Å². The van der Waals surface area contributed by atoms with Crippen molar-refractivity contribution in [2.24, 2.45) is 10.7 Å². The second-order valence-corrected chi connectivity index (χ2v) is 4.66. The molecule has 0 aliphatic carbocycles. The van der Waals surface area contributed by atoms with E-state index < -0.39 is 0 Å². The number of aromatic nitrogens is 2. The highest BCUT2D eigenvalue weighted by molar-refractivity contribution is 5.92. The lowest BCUT2D eigenvalue weighted by Crippen LogP contribution is -2.22. The SMILES string of the molecule is COc1nccc(CN=C(N)Nc2ccc(C)c(C)c2)n1. The number of guanidine groups is 1. The van der Waals surface area contributed by atoms with Crippen LogP contribution in [0.25, 0.3) is 0 Å². The summed E-state index contributed by atoms with van der Waals surface area (Å²) in [4.78, 5) is 12.4. The summed E-state index contributed by atoms with van der Waals surface area (Å²) >= 11 is 0. The molecule has 6 heteroatoms. The second-order valence-electron chi connectivity index (χ2n) is 4.66. The molecule has 0 spiro atoms. The smallest absolute Gasteiger partial charge is 0.316 e. The van der Waals surface area contributed by atoms with Crippen LogP contribution in [0.4, 0.5) is 5.69 Å². The number of nitrogens with zero attached hydrogens (tertiary/aromatic N) is 3. The number of nitrogens with one attached hydrogen (secondary N) is 1. The highest BCUT2D eigenvalue weighted by Gasteiger charge is 2.00. The van der Waals surface area contributed by atoms with Crippen LogP contribution in [0.15, 0.2) is 35.5 Å². The van der Waals surface area contributed by atoms with E-state index in [4.69, 9.17) is 10.5 Å². The lowest BCUT2D eigenvalue weighted by Gasteiger charge is -2.08. The normalized spacial score (nSPS) is 11.3. The van der Waals surface area contributed by atoms with E-state index in [1.54, 1.807) is 12.3 Å². The van der Waals surface area contributed by atoms with Gasteiger partial charge in [-0.25, -0.2) is 9.98 Å². The molecule has 0 fully saturated rings. The summed E-state index contributed by atoms with van der Waals surface area (Å²) in [7, 11) is 1.53.